The second kappa shape index (κ2) is 7.98. The summed E-state index contributed by atoms with van der Waals surface area (Å²) in [7, 11) is 0. The Labute approximate surface area is 187 Å². The van der Waals surface area contributed by atoms with Crippen LogP contribution in [0, 0.1) is 23.7 Å². The Kier molecular flexibility index (Phi) is 6.99. The van der Waals surface area contributed by atoms with Gasteiger partial charge in [0.25, 0.3) is 0 Å². The van der Waals surface area contributed by atoms with Crippen molar-refractivity contribution in [3.8, 4) is 0 Å². The number of rotatable bonds is 8. The molecule has 26 heavy (non-hydrogen) atoms. The number of hydrogen-bond acceptors (Lipinski definition) is 6. The third-order valence-electron chi connectivity index (χ3n) is 6.57. The van der Waals surface area contributed by atoms with Gasteiger partial charge in [-0.15, -0.1) is 70.6 Å². The van der Waals surface area contributed by atoms with Crippen LogP contribution < -0.4 is 0 Å². The Hall–Kier alpha value is 2.10. The van der Waals surface area contributed by atoms with Gasteiger partial charge in [-0.05, 0) is 23.7 Å². The smallest absolute Gasteiger partial charge is 0.104 e. The topological polar surface area (TPSA) is 0 Å². The third kappa shape index (κ3) is 3.35. The first-order chi connectivity index (χ1) is 12.2. The van der Waals surface area contributed by atoms with Crippen LogP contribution in [0.15, 0.2) is 0 Å². The van der Waals surface area contributed by atoms with Gasteiger partial charge in [0.1, 0.15) is 13.6 Å². The average molecular weight is 469 g/mol. The molecule has 4 aliphatic rings. The largest absolute Gasteiger partial charge is 0.115 e. The second-order valence-corrected chi connectivity index (χ2v) is 20.3. The minimum Gasteiger partial charge on any atom is -0.104 e. The van der Waals surface area contributed by atoms with Crippen LogP contribution >= 0.6 is 70.6 Å². The summed E-state index contributed by atoms with van der Waals surface area (Å²) < 4.78 is 1.30. The van der Waals surface area contributed by atoms with Crippen molar-refractivity contribution in [3.05, 3.63) is 0 Å². The van der Waals surface area contributed by atoms with Crippen molar-refractivity contribution in [3.63, 3.8) is 0 Å². The molecule has 0 aromatic heterocycles. The molecule has 0 nitrogen and oxygen atoms in total. The summed E-state index contributed by atoms with van der Waals surface area (Å²) in [5, 5.41) is 0. The van der Waals surface area contributed by atoms with Crippen LogP contribution in [0.1, 0.15) is 81.1 Å². The first-order valence-corrected chi connectivity index (χ1v) is 15.3. The Morgan fingerprint density at radius 3 is 0.692 bits per heavy atom. The van der Waals surface area contributed by atoms with Crippen LogP contribution in [0.5, 0.6) is 0 Å². The normalized spacial score (nSPS) is 46.2. The van der Waals surface area contributed by atoms with E-state index < -0.39 is 0 Å². The van der Waals surface area contributed by atoms with E-state index >= 15 is 0 Å². The van der Waals surface area contributed by atoms with Gasteiger partial charge < -0.3 is 0 Å². The van der Waals surface area contributed by atoms with E-state index in [1.807, 2.05) is 0 Å². The Balaban J connectivity index is 2.17. The molecule has 4 rings (SSSR count). The fourth-order valence-electron chi connectivity index (χ4n) is 3.65. The molecule has 0 amide bonds. The predicted octanol–water partition coefficient (Wildman–Crippen LogP) is 9.23. The first kappa shape index (κ1) is 22.8. The molecule has 4 unspecified atom stereocenters. The van der Waals surface area contributed by atoms with Crippen LogP contribution in [-0.4, -0.2) is 13.6 Å². The van der Waals surface area contributed by atoms with Crippen molar-refractivity contribution in [2.45, 2.75) is 94.7 Å². The SMILES string of the molecule is CCC(C)C12SC3(C(C)CC)SC(C(C)CC)(S1)SC(C(C)CC)(S2)S3. The third-order valence-corrected chi connectivity index (χ3v) is 20.8. The molecule has 6 heteroatoms. The lowest BCUT2D eigenvalue weighted by atomic mass is 10.1. The highest BCUT2D eigenvalue weighted by Gasteiger charge is 2.75. The summed E-state index contributed by atoms with van der Waals surface area (Å²) in [5.74, 6) is 3.00. The van der Waals surface area contributed by atoms with E-state index in [1.54, 1.807) is 0 Å². The van der Waals surface area contributed by atoms with Crippen LogP contribution in [0.25, 0.3) is 0 Å². The molecular formula is C20H36S6. The van der Waals surface area contributed by atoms with Gasteiger partial charge in [0, 0.05) is 0 Å². The minimum absolute atomic E-state index is 0.326. The molecule has 4 saturated heterocycles. The highest BCUT2D eigenvalue weighted by Crippen LogP contribution is 2.93. The zero-order valence-electron chi connectivity index (χ0n) is 17.6. The van der Waals surface area contributed by atoms with Gasteiger partial charge in [-0.2, -0.15) is 0 Å². The summed E-state index contributed by atoms with van der Waals surface area (Å²) in [6, 6.07) is 0. The Morgan fingerprint density at radius 2 is 0.577 bits per heavy atom. The molecule has 0 spiro atoms. The standard InChI is InChI=1S/C20H36S6/c1-9-13(5)17-21-18(14(6)10-2)24-19(22-17,15(7)11-3)26-20(23-17,25-18)16(8)12-4/h13-16H,9-12H2,1-8H3. The van der Waals surface area contributed by atoms with Crippen molar-refractivity contribution < 1.29 is 0 Å². The molecule has 4 fully saturated rings. The molecule has 0 radical (unpaired) electrons. The fourth-order valence-corrected chi connectivity index (χ4v) is 25.7. The maximum absolute atomic E-state index is 2.53. The van der Waals surface area contributed by atoms with Crippen molar-refractivity contribution >= 4 is 70.6 Å². The lowest BCUT2D eigenvalue weighted by Crippen LogP contribution is -2.60. The highest BCUT2D eigenvalue weighted by atomic mass is 32.4. The molecule has 0 aromatic rings. The first-order valence-electron chi connectivity index (χ1n) is 10.4. The van der Waals surface area contributed by atoms with E-state index in [1.165, 1.54) is 25.7 Å². The average Bonchev–Trinajstić information content (AvgIpc) is 2.63. The van der Waals surface area contributed by atoms with Gasteiger partial charge in [0.15, 0.2) is 0 Å². The fraction of sp³-hybridized carbons (Fsp3) is 1.00. The Bertz CT molecular complexity index is 395. The molecule has 0 N–H and O–H groups in total. The van der Waals surface area contributed by atoms with Crippen molar-refractivity contribution in [1.82, 2.24) is 0 Å². The monoisotopic (exact) mass is 468 g/mol. The van der Waals surface area contributed by atoms with Gasteiger partial charge in [0.2, 0.25) is 0 Å². The number of thioether (sulfide) groups is 6. The summed E-state index contributed by atoms with van der Waals surface area (Å²) in [6.45, 7) is 19.7. The maximum Gasteiger partial charge on any atom is 0.115 e. The van der Waals surface area contributed by atoms with Crippen molar-refractivity contribution in [1.29, 1.82) is 0 Å². The molecule has 152 valence electrons. The predicted molar refractivity (Wildman–Crippen MR) is 134 cm³/mol. The lowest BCUT2D eigenvalue weighted by molar-refractivity contribution is 0.521. The van der Waals surface area contributed by atoms with E-state index in [4.69, 9.17) is 0 Å². The van der Waals surface area contributed by atoms with Gasteiger partial charge in [-0.3, -0.25) is 0 Å². The van der Waals surface area contributed by atoms with Crippen LogP contribution in [0.3, 0.4) is 0 Å². The van der Waals surface area contributed by atoms with E-state index in [0.717, 1.165) is 23.7 Å². The summed E-state index contributed by atoms with van der Waals surface area (Å²) in [4.78, 5) is 0. The minimum atomic E-state index is 0.326. The van der Waals surface area contributed by atoms with Crippen molar-refractivity contribution in [2.24, 2.45) is 23.7 Å². The van der Waals surface area contributed by atoms with Crippen molar-refractivity contribution in [2.75, 3.05) is 0 Å². The molecule has 4 atom stereocenters. The molecule has 0 saturated carbocycles. The molecule has 0 aromatic carbocycles. The van der Waals surface area contributed by atoms with Gasteiger partial charge in [0.05, 0.1) is 0 Å². The summed E-state index contributed by atoms with van der Waals surface area (Å²) >= 11 is 14.2. The van der Waals surface area contributed by atoms with Gasteiger partial charge in [-0.1, -0.05) is 81.1 Å². The summed E-state index contributed by atoms with van der Waals surface area (Å²) in [6.07, 6.45) is 5.15. The van der Waals surface area contributed by atoms with Crippen LogP contribution in [0.2, 0.25) is 0 Å². The van der Waals surface area contributed by atoms with E-state index in [0.29, 0.717) is 13.6 Å². The van der Waals surface area contributed by atoms with Gasteiger partial charge in [-0.25, -0.2) is 0 Å². The molecule has 4 bridgehead atoms. The lowest BCUT2D eigenvalue weighted by Gasteiger charge is -2.71. The zero-order chi connectivity index (χ0) is 19.4. The Morgan fingerprint density at radius 1 is 0.423 bits per heavy atom. The molecule has 4 aliphatic heterocycles. The second-order valence-electron chi connectivity index (χ2n) is 8.26. The van der Waals surface area contributed by atoms with Crippen LogP contribution in [0.4, 0.5) is 0 Å². The van der Waals surface area contributed by atoms with Gasteiger partial charge >= 0.3 is 0 Å². The molecular weight excluding hydrogens is 433 g/mol. The maximum atomic E-state index is 2.53. The quantitative estimate of drug-likeness (QED) is 0.345. The zero-order valence-corrected chi connectivity index (χ0v) is 22.5. The summed E-state index contributed by atoms with van der Waals surface area (Å²) in [5.41, 5.74) is 0. The molecule has 0 aliphatic carbocycles. The van der Waals surface area contributed by atoms with Crippen LogP contribution in [-0.2, 0) is 0 Å². The van der Waals surface area contributed by atoms with E-state index in [9.17, 15) is 0 Å². The molecule has 4 heterocycles. The number of hydrogen-bond donors (Lipinski definition) is 0. The van der Waals surface area contributed by atoms with E-state index in [2.05, 4.69) is 126 Å². The highest BCUT2D eigenvalue weighted by molar-refractivity contribution is 8.64. The van der Waals surface area contributed by atoms with E-state index in [-0.39, 0.29) is 0 Å².